The molecule has 2 aliphatic heterocycles. The molecule has 2 aliphatic rings. The lowest BCUT2D eigenvalue weighted by Gasteiger charge is -2.26. The van der Waals surface area contributed by atoms with Gasteiger partial charge in [0, 0.05) is 50.0 Å². The van der Waals surface area contributed by atoms with Crippen LogP contribution < -0.4 is 0 Å². The molecular weight excluding hydrogens is 842 g/mol. The quantitative estimate of drug-likeness (QED) is 0.132. The van der Waals surface area contributed by atoms with E-state index >= 15 is 0 Å². The molecular formula is C39H41BrF6N6O4S. The number of hydrogen-bond acceptors (Lipinski definition) is 8. The predicted molar refractivity (Wildman–Crippen MR) is 206 cm³/mol. The first-order chi connectivity index (χ1) is 27.0. The van der Waals surface area contributed by atoms with Crippen LogP contribution in [0.3, 0.4) is 0 Å². The van der Waals surface area contributed by atoms with Gasteiger partial charge in [-0.05, 0) is 58.7 Å². The van der Waals surface area contributed by atoms with Crippen molar-refractivity contribution < 1.29 is 44.2 Å². The average Bonchev–Trinajstić information content (AvgIpc) is 3.83. The maximum Gasteiger partial charge on any atom is 0.435 e. The van der Waals surface area contributed by atoms with E-state index in [0.717, 1.165) is 54.6 Å². The average molecular weight is 884 g/mol. The van der Waals surface area contributed by atoms with Crippen molar-refractivity contribution in [3.8, 4) is 33.6 Å². The molecule has 7 rings (SSSR count). The van der Waals surface area contributed by atoms with Gasteiger partial charge in [0.1, 0.15) is 0 Å². The summed E-state index contributed by atoms with van der Waals surface area (Å²) in [4.78, 5) is 4.52. The van der Waals surface area contributed by atoms with Gasteiger partial charge < -0.3 is 9.47 Å². The first-order valence-electron chi connectivity index (χ1n) is 18.1. The Hall–Kier alpha value is -4.07. The van der Waals surface area contributed by atoms with Crippen LogP contribution in [-0.2, 0) is 44.8 Å². The van der Waals surface area contributed by atoms with Crippen LogP contribution >= 0.6 is 15.9 Å². The van der Waals surface area contributed by atoms with Crippen molar-refractivity contribution in [1.82, 2.24) is 29.4 Å². The number of morpholine rings is 2. The normalized spacial score (nSPS) is 16.0. The zero-order valence-electron chi connectivity index (χ0n) is 30.9. The van der Waals surface area contributed by atoms with E-state index in [1.807, 2.05) is 12.1 Å². The van der Waals surface area contributed by atoms with E-state index in [2.05, 4.69) is 35.9 Å². The second kappa shape index (κ2) is 18.2. The lowest BCUT2D eigenvalue weighted by Crippen LogP contribution is -2.38. The number of aromatic nitrogens is 4. The minimum absolute atomic E-state index is 0.208. The van der Waals surface area contributed by atoms with Gasteiger partial charge in [-0.3, -0.25) is 19.2 Å². The molecule has 0 N–H and O–H groups in total. The number of nitrogens with zero attached hydrogens (tertiary/aromatic N) is 6. The SMILES string of the molecule is CS(=O)(=O)c1cccc(-c2ccc(-c3cc(C(F)(F)F)nn3CCN3CCOCC3)cc2)c1.FC(F)(F)c1cc(-c2ccc(Br)cc2)n(CCN2CCOCC2)n1. The standard InChI is InChI=1S/C23H24F3N3O3S.C16H17BrF3N3O/c1-33(30,31)20-4-2-3-19(15-20)17-5-7-18(8-6-17)21-16-22(23(24,25)26)27-29(21)10-9-28-11-13-32-14-12-28;17-13-3-1-12(2-4-13)14-11-15(16(18,19)20)21-23(14)6-5-22-7-9-24-10-8-22/h2-8,15-16H,9-14H2,1H3;1-4,11H,5-10H2. The van der Waals surface area contributed by atoms with Crippen molar-refractivity contribution in [2.24, 2.45) is 0 Å². The zero-order chi connectivity index (χ0) is 40.8. The Morgan fingerprint density at radius 1 is 0.596 bits per heavy atom. The Morgan fingerprint density at radius 2 is 1.02 bits per heavy atom. The largest absolute Gasteiger partial charge is 0.435 e. The van der Waals surface area contributed by atoms with E-state index in [-0.39, 0.29) is 4.90 Å². The number of halogens is 7. The minimum atomic E-state index is -4.54. The molecule has 0 spiro atoms. The Labute approximate surface area is 335 Å². The van der Waals surface area contributed by atoms with E-state index in [1.165, 1.54) is 15.4 Å². The van der Waals surface area contributed by atoms with Gasteiger partial charge in [0.2, 0.25) is 0 Å². The van der Waals surface area contributed by atoms with Gasteiger partial charge in [0.25, 0.3) is 0 Å². The van der Waals surface area contributed by atoms with Crippen molar-refractivity contribution in [3.63, 3.8) is 0 Å². The fourth-order valence-corrected chi connectivity index (χ4v) is 7.33. The Bertz CT molecular complexity index is 2200. The Kier molecular flexibility index (Phi) is 13.6. The van der Waals surface area contributed by atoms with E-state index in [4.69, 9.17) is 9.47 Å². The van der Waals surface area contributed by atoms with E-state index in [9.17, 15) is 34.8 Å². The van der Waals surface area contributed by atoms with Crippen molar-refractivity contribution in [2.75, 3.05) is 72.0 Å². The van der Waals surface area contributed by atoms with Gasteiger partial charge in [-0.2, -0.15) is 36.5 Å². The molecule has 3 aromatic carbocycles. The summed E-state index contributed by atoms with van der Waals surface area (Å²) < 4.78 is 117. The van der Waals surface area contributed by atoms with Gasteiger partial charge in [0.15, 0.2) is 21.2 Å². The second-order valence-corrected chi connectivity index (χ2v) is 16.5. The lowest BCUT2D eigenvalue weighted by atomic mass is 10.0. The number of hydrogen-bond donors (Lipinski definition) is 0. The predicted octanol–water partition coefficient (Wildman–Crippen LogP) is 7.64. The van der Waals surface area contributed by atoms with Crippen LogP contribution in [0.15, 0.2) is 94.3 Å². The summed E-state index contributed by atoms with van der Waals surface area (Å²) in [6, 6.07) is 22.9. The molecule has 2 aromatic heterocycles. The summed E-state index contributed by atoms with van der Waals surface area (Å²) in [6.45, 7) is 7.56. The first kappa shape index (κ1) is 42.5. The monoisotopic (exact) mass is 882 g/mol. The highest BCUT2D eigenvalue weighted by molar-refractivity contribution is 9.10. The Morgan fingerprint density at radius 3 is 1.44 bits per heavy atom. The molecule has 0 radical (unpaired) electrons. The molecule has 0 atom stereocenters. The van der Waals surface area contributed by atoms with Crippen molar-refractivity contribution in [1.29, 1.82) is 0 Å². The molecule has 0 aliphatic carbocycles. The molecule has 10 nitrogen and oxygen atoms in total. The van der Waals surface area contributed by atoms with Gasteiger partial charge in [-0.25, -0.2) is 8.42 Å². The van der Waals surface area contributed by atoms with Gasteiger partial charge in [0.05, 0.1) is 55.8 Å². The van der Waals surface area contributed by atoms with Crippen molar-refractivity contribution in [3.05, 3.63) is 101 Å². The molecule has 306 valence electrons. The third-order valence-electron chi connectivity index (χ3n) is 9.52. The molecule has 0 unspecified atom stereocenters. The number of rotatable bonds is 10. The number of sulfone groups is 1. The first-order valence-corrected chi connectivity index (χ1v) is 20.8. The van der Waals surface area contributed by atoms with E-state index in [0.29, 0.717) is 80.7 Å². The van der Waals surface area contributed by atoms with Crippen molar-refractivity contribution in [2.45, 2.75) is 30.3 Å². The molecule has 57 heavy (non-hydrogen) atoms. The minimum Gasteiger partial charge on any atom is -0.379 e. The smallest absolute Gasteiger partial charge is 0.379 e. The summed E-state index contributed by atoms with van der Waals surface area (Å²) in [5.41, 5.74) is 1.86. The highest BCUT2D eigenvalue weighted by Gasteiger charge is 2.36. The van der Waals surface area contributed by atoms with Crippen LogP contribution in [0.2, 0.25) is 0 Å². The number of ether oxygens (including phenoxy) is 2. The molecule has 5 aromatic rings. The zero-order valence-corrected chi connectivity index (χ0v) is 33.3. The Balaban J connectivity index is 0.000000203. The summed E-state index contributed by atoms with van der Waals surface area (Å²) in [7, 11) is -3.35. The highest BCUT2D eigenvalue weighted by atomic mass is 79.9. The van der Waals surface area contributed by atoms with Crippen LogP contribution in [0.4, 0.5) is 26.3 Å². The summed E-state index contributed by atoms with van der Waals surface area (Å²) in [5.74, 6) is 0. The van der Waals surface area contributed by atoms with E-state index < -0.39 is 33.6 Å². The molecule has 4 heterocycles. The summed E-state index contributed by atoms with van der Waals surface area (Å²) in [6.07, 6.45) is -7.84. The third kappa shape index (κ3) is 11.5. The summed E-state index contributed by atoms with van der Waals surface area (Å²) in [5, 5.41) is 7.62. The van der Waals surface area contributed by atoms with Crippen LogP contribution in [0.5, 0.6) is 0 Å². The van der Waals surface area contributed by atoms with Gasteiger partial charge in [-0.15, -0.1) is 0 Å². The molecule has 0 bridgehead atoms. The molecule has 2 fully saturated rings. The second-order valence-electron chi connectivity index (χ2n) is 13.6. The van der Waals surface area contributed by atoms with Crippen LogP contribution in [0.1, 0.15) is 11.4 Å². The van der Waals surface area contributed by atoms with Crippen LogP contribution in [-0.4, -0.2) is 110 Å². The fourth-order valence-electron chi connectivity index (χ4n) is 6.40. The molecule has 2 saturated heterocycles. The van der Waals surface area contributed by atoms with E-state index in [1.54, 1.807) is 54.6 Å². The third-order valence-corrected chi connectivity index (χ3v) is 11.2. The highest BCUT2D eigenvalue weighted by Crippen LogP contribution is 2.34. The maximum absolute atomic E-state index is 13.4. The molecule has 18 heteroatoms. The summed E-state index contributed by atoms with van der Waals surface area (Å²) >= 11 is 3.34. The van der Waals surface area contributed by atoms with Crippen LogP contribution in [0, 0.1) is 0 Å². The van der Waals surface area contributed by atoms with Gasteiger partial charge in [-0.1, -0.05) is 64.5 Å². The van der Waals surface area contributed by atoms with Gasteiger partial charge >= 0.3 is 12.4 Å². The van der Waals surface area contributed by atoms with Crippen LogP contribution in [0.25, 0.3) is 33.6 Å². The number of benzene rings is 3. The topological polar surface area (TPSA) is 94.7 Å². The number of alkyl halides is 6. The molecule has 0 saturated carbocycles. The fraction of sp³-hybridized carbons (Fsp3) is 0.385. The lowest BCUT2D eigenvalue weighted by molar-refractivity contribution is -0.142. The molecule has 0 amide bonds. The van der Waals surface area contributed by atoms with Crippen molar-refractivity contribution >= 4 is 25.8 Å². The maximum atomic E-state index is 13.4.